The summed E-state index contributed by atoms with van der Waals surface area (Å²) in [6, 6.07) is 0.0443. The molecule has 1 saturated heterocycles. The van der Waals surface area contributed by atoms with Gasteiger partial charge in [-0.05, 0) is 20.3 Å². The molecule has 1 heterocycles. The van der Waals surface area contributed by atoms with Crippen LogP contribution in [0.4, 0.5) is 0 Å². The van der Waals surface area contributed by atoms with E-state index in [-0.39, 0.29) is 17.9 Å². The molecule has 0 bridgehead atoms. The molecule has 0 aromatic heterocycles. The number of aliphatic hydroxyl groups is 1. The van der Waals surface area contributed by atoms with E-state index in [1.807, 2.05) is 6.92 Å². The first-order valence-electron chi connectivity index (χ1n) is 4.78. The number of nitrogens with two attached hydrogens (primary N) is 1. The van der Waals surface area contributed by atoms with Crippen LogP contribution in [0.15, 0.2) is 0 Å². The van der Waals surface area contributed by atoms with Crippen LogP contribution >= 0.6 is 11.8 Å². The summed E-state index contributed by atoms with van der Waals surface area (Å²) in [5.41, 5.74) is 5.75. The molecular weight excluding hydrogens is 186 g/mol. The van der Waals surface area contributed by atoms with Crippen molar-refractivity contribution in [2.45, 2.75) is 42.9 Å². The third-order valence-electron chi connectivity index (χ3n) is 2.42. The van der Waals surface area contributed by atoms with Gasteiger partial charge in [0.2, 0.25) is 0 Å². The first-order valence-corrected chi connectivity index (χ1v) is 5.73. The SMILES string of the molecule is CC(N)C(CO)SC1CCOC1C. The molecule has 1 fully saturated rings. The van der Waals surface area contributed by atoms with Gasteiger partial charge in [-0.3, -0.25) is 0 Å². The van der Waals surface area contributed by atoms with Crippen molar-refractivity contribution in [2.24, 2.45) is 5.73 Å². The average molecular weight is 205 g/mol. The largest absolute Gasteiger partial charge is 0.395 e. The lowest BCUT2D eigenvalue weighted by molar-refractivity contribution is 0.127. The van der Waals surface area contributed by atoms with E-state index in [1.165, 1.54) is 0 Å². The molecule has 0 aromatic carbocycles. The van der Waals surface area contributed by atoms with Crippen LogP contribution < -0.4 is 5.73 Å². The molecule has 13 heavy (non-hydrogen) atoms. The zero-order chi connectivity index (χ0) is 9.84. The molecule has 4 heteroatoms. The zero-order valence-electron chi connectivity index (χ0n) is 8.27. The Bertz CT molecular complexity index is 155. The van der Waals surface area contributed by atoms with E-state index < -0.39 is 0 Å². The van der Waals surface area contributed by atoms with E-state index in [2.05, 4.69) is 6.92 Å². The Kier molecular flexibility index (Phi) is 4.52. The summed E-state index contributed by atoms with van der Waals surface area (Å²) < 4.78 is 5.45. The summed E-state index contributed by atoms with van der Waals surface area (Å²) in [5.74, 6) is 0. The second-order valence-electron chi connectivity index (χ2n) is 3.62. The normalized spacial score (nSPS) is 33.2. The molecule has 78 valence electrons. The first kappa shape index (κ1) is 11.3. The third-order valence-corrected chi connectivity index (χ3v) is 4.32. The van der Waals surface area contributed by atoms with Crippen LogP contribution in [0.2, 0.25) is 0 Å². The van der Waals surface area contributed by atoms with Gasteiger partial charge in [-0.15, -0.1) is 11.8 Å². The molecule has 0 saturated carbocycles. The van der Waals surface area contributed by atoms with E-state index in [4.69, 9.17) is 15.6 Å². The minimum absolute atomic E-state index is 0.0443. The van der Waals surface area contributed by atoms with Crippen LogP contribution in [0.25, 0.3) is 0 Å². The Hall–Kier alpha value is 0.230. The molecular formula is C9H19NO2S. The molecule has 1 aliphatic rings. The number of rotatable bonds is 4. The Balaban J connectivity index is 2.36. The molecule has 3 nitrogen and oxygen atoms in total. The van der Waals surface area contributed by atoms with Gasteiger partial charge in [-0.25, -0.2) is 0 Å². The number of hydrogen-bond acceptors (Lipinski definition) is 4. The first-order chi connectivity index (χ1) is 6.15. The van der Waals surface area contributed by atoms with E-state index in [0.29, 0.717) is 11.4 Å². The summed E-state index contributed by atoms with van der Waals surface area (Å²) in [7, 11) is 0. The van der Waals surface area contributed by atoms with Crippen LogP contribution in [0.3, 0.4) is 0 Å². The van der Waals surface area contributed by atoms with Gasteiger partial charge in [-0.2, -0.15) is 0 Å². The summed E-state index contributed by atoms with van der Waals surface area (Å²) in [6.07, 6.45) is 1.38. The van der Waals surface area contributed by atoms with Crippen molar-refractivity contribution in [1.29, 1.82) is 0 Å². The second kappa shape index (κ2) is 5.20. The van der Waals surface area contributed by atoms with Crippen molar-refractivity contribution >= 4 is 11.8 Å². The van der Waals surface area contributed by atoms with Crippen LogP contribution in [0.5, 0.6) is 0 Å². The highest BCUT2D eigenvalue weighted by Crippen LogP contribution is 2.30. The monoisotopic (exact) mass is 205 g/mol. The van der Waals surface area contributed by atoms with Gasteiger partial charge in [0, 0.05) is 23.1 Å². The quantitative estimate of drug-likeness (QED) is 0.706. The van der Waals surface area contributed by atoms with Crippen LogP contribution in [-0.2, 0) is 4.74 Å². The summed E-state index contributed by atoms with van der Waals surface area (Å²) in [5, 5.41) is 9.75. The molecule has 3 N–H and O–H groups in total. The fourth-order valence-electron chi connectivity index (χ4n) is 1.45. The van der Waals surface area contributed by atoms with Crippen molar-refractivity contribution < 1.29 is 9.84 Å². The molecule has 4 atom stereocenters. The van der Waals surface area contributed by atoms with E-state index in [9.17, 15) is 0 Å². The molecule has 1 aliphatic heterocycles. The van der Waals surface area contributed by atoms with Gasteiger partial charge in [-0.1, -0.05) is 0 Å². The van der Waals surface area contributed by atoms with Gasteiger partial charge in [0.25, 0.3) is 0 Å². The van der Waals surface area contributed by atoms with Crippen molar-refractivity contribution in [2.75, 3.05) is 13.2 Å². The molecule has 0 aliphatic carbocycles. The number of thioether (sulfide) groups is 1. The molecule has 0 amide bonds. The summed E-state index contributed by atoms with van der Waals surface area (Å²) in [6.45, 7) is 5.02. The molecule has 0 radical (unpaired) electrons. The zero-order valence-corrected chi connectivity index (χ0v) is 9.09. The number of ether oxygens (including phenoxy) is 1. The van der Waals surface area contributed by atoms with Crippen LogP contribution in [0, 0.1) is 0 Å². The number of hydrogen-bond donors (Lipinski definition) is 2. The fourth-order valence-corrected chi connectivity index (χ4v) is 2.76. The van der Waals surface area contributed by atoms with Crippen molar-refractivity contribution in [1.82, 2.24) is 0 Å². The molecule has 0 spiro atoms. The minimum atomic E-state index is 0.0443. The standard InChI is InChI=1S/C9H19NO2S/c1-6(10)9(5-11)13-8-3-4-12-7(8)2/h6-9,11H,3-5,10H2,1-2H3. The lowest BCUT2D eigenvalue weighted by Crippen LogP contribution is -2.34. The lowest BCUT2D eigenvalue weighted by atomic mass is 10.2. The topological polar surface area (TPSA) is 55.5 Å². The predicted molar refractivity (Wildman–Crippen MR) is 55.9 cm³/mol. The third kappa shape index (κ3) is 3.13. The van der Waals surface area contributed by atoms with E-state index in [1.54, 1.807) is 11.8 Å². The van der Waals surface area contributed by atoms with Crippen molar-refractivity contribution in [3.8, 4) is 0 Å². The maximum Gasteiger partial charge on any atom is 0.0666 e. The van der Waals surface area contributed by atoms with Gasteiger partial charge in [0.15, 0.2) is 0 Å². The Morgan fingerprint density at radius 3 is 2.77 bits per heavy atom. The van der Waals surface area contributed by atoms with Crippen molar-refractivity contribution in [3.05, 3.63) is 0 Å². The summed E-state index contributed by atoms with van der Waals surface area (Å²) in [4.78, 5) is 0. The van der Waals surface area contributed by atoms with Gasteiger partial charge in [0.1, 0.15) is 0 Å². The molecule has 1 rings (SSSR count). The lowest BCUT2D eigenvalue weighted by Gasteiger charge is -2.23. The molecule has 0 aromatic rings. The Labute approximate surface area is 84.0 Å². The Morgan fingerprint density at radius 2 is 2.38 bits per heavy atom. The van der Waals surface area contributed by atoms with Gasteiger partial charge >= 0.3 is 0 Å². The van der Waals surface area contributed by atoms with Gasteiger partial charge < -0.3 is 15.6 Å². The predicted octanol–water partition coefficient (Wildman–Crippen LogP) is 0.605. The fraction of sp³-hybridized carbons (Fsp3) is 1.00. The molecule has 4 unspecified atom stereocenters. The maximum atomic E-state index is 9.10. The maximum absolute atomic E-state index is 9.10. The van der Waals surface area contributed by atoms with Crippen LogP contribution in [0.1, 0.15) is 20.3 Å². The highest BCUT2D eigenvalue weighted by molar-refractivity contribution is 8.00. The highest BCUT2D eigenvalue weighted by Gasteiger charge is 2.28. The number of aliphatic hydroxyl groups excluding tert-OH is 1. The van der Waals surface area contributed by atoms with Gasteiger partial charge in [0.05, 0.1) is 12.7 Å². The van der Waals surface area contributed by atoms with Crippen LogP contribution in [-0.4, -0.2) is 41.0 Å². The summed E-state index contributed by atoms with van der Waals surface area (Å²) >= 11 is 1.77. The average Bonchev–Trinajstić information content (AvgIpc) is 2.46. The van der Waals surface area contributed by atoms with E-state index in [0.717, 1.165) is 13.0 Å². The van der Waals surface area contributed by atoms with Crippen molar-refractivity contribution in [3.63, 3.8) is 0 Å². The smallest absolute Gasteiger partial charge is 0.0666 e. The highest BCUT2D eigenvalue weighted by atomic mass is 32.2. The Morgan fingerprint density at radius 1 is 1.69 bits per heavy atom. The van der Waals surface area contributed by atoms with E-state index >= 15 is 0 Å². The minimum Gasteiger partial charge on any atom is -0.395 e. The second-order valence-corrected chi connectivity index (χ2v) is 5.10.